The molecule has 8 heteroatoms. The van der Waals surface area contributed by atoms with Crippen molar-refractivity contribution in [2.45, 2.75) is 32.2 Å². The molecule has 1 aliphatic carbocycles. The van der Waals surface area contributed by atoms with E-state index in [0.29, 0.717) is 18.4 Å². The molecule has 3 atom stereocenters. The number of allylic oxidation sites excluding steroid dienone is 2. The lowest BCUT2D eigenvalue weighted by Gasteiger charge is -2.15. The Morgan fingerprint density at radius 3 is 2.31 bits per heavy atom. The topological polar surface area (TPSA) is 92.8 Å². The Morgan fingerprint density at radius 1 is 1.14 bits per heavy atom. The maximum Gasteiger partial charge on any atom is 0.308 e. The van der Waals surface area contributed by atoms with Gasteiger partial charge in [-0.2, -0.15) is 0 Å². The first-order valence-corrected chi connectivity index (χ1v) is 9.57. The van der Waals surface area contributed by atoms with E-state index in [9.17, 15) is 23.6 Å². The SMILES string of the molecule is C[C@H](NC(=O)COC(=O)CCN1C(=O)[C@@H]2CC=CC[C@H]2C1=O)c1ccc(F)cc1. The van der Waals surface area contributed by atoms with Crippen molar-refractivity contribution in [3.63, 3.8) is 0 Å². The van der Waals surface area contributed by atoms with Crippen molar-refractivity contribution in [3.05, 3.63) is 47.8 Å². The standard InChI is InChI=1S/C21H23FN2O5/c1-13(14-6-8-15(22)9-7-14)23-18(25)12-29-19(26)10-11-24-20(27)16-4-2-3-5-17(16)21(24)28/h2-3,6-9,13,16-17H,4-5,10-12H2,1H3,(H,23,25)/t13-,16+,17+/m0/s1. The van der Waals surface area contributed by atoms with Crippen molar-refractivity contribution < 1.29 is 28.3 Å². The molecular weight excluding hydrogens is 379 g/mol. The first-order valence-electron chi connectivity index (χ1n) is 9.57. The van der Waals surface area contributed by atoms with Crippen LogP contribution in [0.15, 0.2) is 36.4 Å². The van der Waals surface area contributed by atoms with Crippen LogP contribution in [-0.2, 0) is 23.9 Å². The lowest BCUT2D eigenvalue weighted by molar-refractivity contribution is -0.150. The van der Waals surface area contributed by atoms with E-state index in [1.54, 1.807) is 19.1 Å². The van der Waals surface area contributed by atoms with E-state index in [-0.39, 0.29) is 48.5 Å². The van der Waals surface area contributed by atoms with Crippen LogP contribution in [0.1, 0.15) is 37.8 Å². The van der Waals surface area contributed by atoms with Gasteiger partial charge < -0.3 is 10.1 Å². The predicted octanol–water partition coefficient (Wildman–Crippen LogP) is 1.89. The summed E-state index contributed by atoms with van der Waals surface area (Å²) in [6.45, 7) is 1.21. The molecular formula is C21H23FN2O5. The second-order valence-electron chi connectivity index (χ2n) is 7.24. The van der Waals surface area contributed by atoms with E-state index in [1.807, 2.05) is 12.2 Å². The molecule has 0 bridgehead atoms. The molecule has 0 saturated carbocycles. The van der Waals surface area contributed by atoms with Gasteiger partial charge in [0.15, 0.2) is 6.61 Å². The molecule has 29 heavy (non-hydrogen) atoms. The van der Waals surface area contributed by atoms with Gasteiger partial charge in [0.25, 0.3) is 5.91 Å². The number of benzene rings is 1. The number of esters is 1. The number of imide groups is 1. The van der Waals surface area contributed by atoms with E-state index in [2.05, 4.69) is 5.32 Å². The summed E-state index contributed by atoms with van der Waals surface area (Å²) in [5.74, 6) is -2.69. The van der Waals surface area contributed by atoms with Crippen molar-refractivity contribution >= 4 is 23.7 Å². The summed E-state index contributed by atoms with van der Waals surface area (Å²) < 4.78 is 17.9. The monoisotopic (exact) mass is 402 g/mol. The Balaban J connectivity index is 1.41. The molecule has 1 N–H and O–H groups in total. The Morgan fingerprint density at radius 2 is 1.72 bits per heavy atom. The van der Waals surface area contributed by atoms with Gasteiger partial charge in [-0.05, 0) is 37.5 Å². The molecule has 3 amide bonds. The number of carbonyl (C=O) groups excluding carboxylic acids is 4. The van der Waals surface area contributed by atoms with Crippen LogP contribution in [0, 0.1) is 17.7 Å². The van der Waals surface area contributed by atoms with E-state index in [4.69, 9.17) is 4.74 Å². The van der Waals surface area contributed by atoms with Gasteiger partial charge in [-0.1, -0.05) is 24.3 Å². The molecule has 0 radical (unpaired) electrons. The van der Waals surface area contributed by atoms with Gasteiger partial charge >= 0.3 is 5.97 Å². The molecule has 1 saturated heterocycles. The number of rotatable bonds is 7. The lowest BCUT2D eigenvalue weighted by atomic mass is 9.85. The first kappa shape index (κ1) is 20.7. The zero-order valence-corrected chi connectivity index (χ0v) is 16.1. The third kappa shape index (κ3) is 4.88. The first-order chi connectivity index (χ1) is 13.9. The molecule has 0 aromatic heterocycles. The summed E-state index contributed by atoms with van der Waals surface area (Å²) in [7, 11) is 0. The van der Waals surface area contributed by atoms with Gasteiger partial charge in [-0.25, -0.2) is 4.39 Å². The molecule has 1 heterocycles. The van der Waals surface area contributed by atoms with Crippen LogP contribution in [-0.4, -0.2) is 41.7 Å². The van der Waals surface area contributed by atoms with Crippen molar-refractivity contribution in [2.24, 2.45) is 11.8 Å². The minimum absolute atomic E-state index is 0.0445. The van der Waals surface area contributed by atoms with Crippen molar-refractivity contribution in [1.82, 2.24) is 10.2 Å². The van der Waals surface area contributed by atoms with E-state index < -0.39 is 18.5 Å². The highest BCUT2D eigenvalue weighted by Gasteiger charge is 2.46. The fraction of sp³-hybridized carbons (Fsp3) is 0.429. The maximum atomic E-state index is 12.9. The van der Waals surface area contributed by atoms with E-state index in [1.165, 1.54) is 12.1 Å². The molecule has 154 valence electrons. The third-order valence-corrected chi connectivity index (χ3v) is 5.25. The average Bonchev–Trinajstić information content (AvgIpc) is 2.95. The van der Waals surface area contributed by atoms with Crippen LogP contribution >= 0.6 is 0 Å². The number of carbonyl (C=O) groups is 4. The molecule has 7 nitrogen and oxygen atoms in total. The highest BCUT2D eigenvalue weighted by molar-refractivity contribution is 6.05. The fourth-order valence-electron chi connectivity index (χ4n) is 3.63. The van der Waals surface area contributed by atoms with Crippen LogP contribution in [0.3, 0.4) is 0 Å². The molecule has 1 fully saturated rings. The van der Waals surface area contributed by atoms with Crippen molar-refractivity contribution in [3.8, 4) is 0 Å². The molecule has 1 aromatic rings. The number of halogens is 1. The Kier molecular flexibility index (Phi) is 6.41. The van der Waals surface area contributed by atoms with Gasteiger partial charge in [-0.3, -0.25) is 24.1 Å². The Bertz CT molecular complexity index is 810. The normalized spacial score (nSPS) is 21.7. The second kappa shape index (κ2) is 8.98. The molecule has 3 rings (SSSR count). The van der Waals surface area contributed by atoms with Gasteiger partial charge in [-0.15, -0.1) is 0 Å². The summed E-state index contributed by atoms with van der Waals surface area (Å²) in [4.78, 5) is 49.7. The summed E-state index contributed by atoms with van der Waals surface area (Å²) in [6, 6.07) is 5.34. The molecule has 0 spiro atoms. The quantitative estimate of drug-likeness (QED) is 0.427. The third-order valence-electron chi connectivity index (χ3n) is 5.25. The number of nitrogens with zero attached hydrogens (tertiary/aromatic N) is 1. The highest BCUT2D eigenvalue weighted by Crippen LogP contribution is 2.34. The Labute approximate surface area is 167 Å². The lowest BCUT2D eigenvalue weighted by Crippen LogP contribution is -2.34. The van der Waals surface area contributed by atoms with Crippen LogP contribution in [0.4, 0.5) is 4.39 Å². The summed E-state index contributed by atoms with van der Waals surface area (Å²) in [5.41, 5.74) is 0.716. The van der Waals surface area contributed by atoms with Gasteiger partial charge in [0.1, 0.15) is 5.82 Å². The Hall–Kier alpha value is -3.03. The van der Waals surface area contributed by atoms with Crippen molar-refractivity contribution in [1.29, 1.82) is 0 Å². The van der Waals surface area contributed by atoms with Crippen molar-refractivity contribution in [2.75, 3.05) is 13.2 Å². The van der Waals surface area contributed by atoms with Gasteiger partial charge in [0, 0.05) is 6.54 Å². The smallest absolute Gasteiger partial charge is 0.308 e. The minimum Gasteiger partial charge on any atom is -0.456 e. The number of nitrogens with one attached hydrogen (secondary N) is 1. The zero-order valence-electron chi connectivity index (χ0n) is 16.1. The van der Waals surface area contributed by atoms with Crippen LogP contribution in [0.5, 0.6) is 0 Å². The second-order valence-corrected chi connectivity index (χ2v) is 7.24. The minimum atomic E-state index is -0.664. The highest BCUT2D eigenvalue weighted by atomic mass is 19.1. The van der Waals surface area contributed by atoms with Gasteiger partial charge in [0.05, 0.1) is 24.3 Å². The largest absolute Gasteiger partial charge is 0.456 e. The predicted molar refractivity (Wildman–Crippen MR) is 101 cm³/mol. The molecule has 1 aliphatic heterocycles. The van der Waals surface area contributed by atoms with E-state index >= 15 is 0 Å². The van der Waals surface area contributed by atoms with Crippen LogP contribution < -0.4 is 5.32 Å². The summed E-state index contributed by atoms with van der Waals surface area (Å²) >= 11 is 0. The average molecular weight is 402 g/mol. The number of ether oxygens (including phenoxy) is 1. The number of amides is 3. The molecule has 0 unspecified atom stereocenters. The summed E-state index contributed by atoms with van der Waals surface area (Å²) in [5, 5.41) is 2.65. The van der Waals surface area contributed by atoms with Crippen LogP contribution in [0.2, 0.25) is 0 Å². The van der Waals surface area contributed by atoms with E-state index in [0.717, 1.165) is 4.90 Å². The molecule has 1 aromatic carbocycles. The molecule has 2 aliphatic rings. The fourth-order valence-corrected chi connectivity index (χ4v) is 3.63. The number of fused-ring (bicyclic) bond motifs is 1. The number of hydrogen-bond donors (Lipinski definition) is 1. The van der Waals surface area contributed by atoms with Crippen LogP contribution in [0.25, 0.3) is 0 Å². The number of likely N-dealkylation sites (tertiary alicyclic amines) is 1. The number of hydrogen-bond acceptors (Lipinski definition) is 5. The van der Waals surface area contributed by atoms with Gasteiger partial charge in [0.2, 0.25) is 11.8 Å². The zero-order chi connectivity index (χ0) is 21.0. The summed E-state index contributed by atoms with van der Waals surface area (Å²) in [6.07, 6.45) is 4.72. The maximum absolute atomic E-state index is 12.9.